The standard InChI is InChI=1S/C21H19F3N2O3/c1-13(12-28-2)26-20(27)15-10-14-4-3-5-18(19(14)25-11-15)29-17-8-6-16(7-9-17)21(22,23)24/h3-11,13H,12H2,1-2H3,(H,26,27)/t13-/m1/s1. The smallest absolute Gasteiger partial charge is 0.416 e. The second kappa shape index (κ2) is 8.48. The van der Waals surface area contributed by atoms with Gasteiger partial charge in [-0.2, -0.15) is 13.2 Å². The molecule has 1 N–H and O–H groups in total. The molecule has 0 spiro atoms. The highest BCUT2D eigenvalue weighted by atomic mass is 19.4. The van der Waals surface area contributed by atoms with Crippen LogP contribution in [0.5, 0.6) is 11.5 Å². The number of nitrogens with one attached hydrogen (secondary N) is 1. The lowest BCUT2D eigenvalue weighted by Gasteiger charge is -2.13. The second-order valence-electron chi connectivity index (χ2n) is 6.51. The summed E-state index contributed by atoms with van der Waals surface area (Å²) in [5.41, 5.74) is 0.125. The molecule has 0 radical (unpaired) electrons. The number of carbonyl (C=O) groups excluding carboxylic acids is 1. The van der Waals surface area contributed by atoms with E-state index in [1.54, 1.807) is 31.4 Å². The average molecular weight is 404 g/mol. The molecule has 3 rings (SSSR count). The fourth-order valence-corrected chi connectivity index (χ4v) is 2.78. The molecule has 0 aliphatic heterocycles. The first kappa shape index (κ1) is 20.6. The van der Waals surface area contributed by atoms with Crippen molar-refractivity contribution < 1.29 is 27.4 Å². The molecule has 3 aromatic rings. The van der Waals surface area contributed by atoms with Gasteiger partial charge in [-0.25, -0.2) is 0 Å². The molecule has 0 bridgehead atoms. The minimum atomic E-state index is -4.41. The molecule has 5 nitrogen and oxygen atoms in total. The molecule has 0 aliphatic rings. The van der Waals surface area contributed by atoms with Crippen LogP contribution in [0.15, 0.2) is 54.7 Å². The third kappa shape index (κ3) is 5.03. The molecular weight excluding hydrogens is 385 g/mol. The number of nitrogens with zero attached hydrogens (tertiary/aromatic N) is 1. The third-order valence-electron chi connectivity index (χ3n) is 4.14. The first-order valence-corrected chi connectivity index (χ1v) is 8.81. The fraction of sp³-hybridized carbons (Fsp3) is 0.238. The Morgan fingerprint density at radius 2 is 1.90 bits per heavy atom. The summed E-state index contributed by atoms with van der Waals surface area (Å²) in [6.07, 6.45) is -2.98. The van der Waals surface area contributed by atoms with Gasteiger partial charge in [0.1, 0.15) is 11.3 Å². The number of aromatic nitrogens is 1. The maximum Gasteiger partial charge on any atom is 0.416 e. The number of ether oxygens (including phenoxy) is 2. The quantitative estimate of drug-likeness (QED) is 0.641. The molecule has 29 heavy (non-hydrogen) atoms. The van der Waals surface area contributed by atoms with Gasteiger partial charge in [0.2, 0.25) is 0 Å². The largest absolute Gasteiger partial charge is 0.455 e. The van der Waals surface area contributed by atoms with Crippen LogP contribution in [0, 0.1) is 0 Å². The number of alkyl halides is 3. The van der Waals surface area contributed by atoms with Crippen molar-refractivity contribution in [3.63, 3.8) is 0 Å². The van der Waals surface area contributed by atoms with Gasteiger partial charge in [-0.15, -0.1) is 0 Å². The zero-order valence-electron chi connectivity index (χ0n) is 15.8. The fourth-order valence-electron chi connectivity index (χ4n) is 2.78. The van der Waals surface area contributed by atoms with Gasteiger partial charge >= 0.3 is 6.18 Å². The Hall–Kier alpha value is -3.13. The Morgan fingerprint density at radius 1 is 1.17 bits per heavy atom. The molecule has 8 heteroatoms. The van der Waals surface area contributed by atoms with Crippen molar-refractivity contribution in [1.82, 2.24) is 10.3 Å². The van der Waals surface area contributed by atoms with E-state index in [0.29, 0.717) is 28.8 Å². The zero-order valence-corrected chi connectivity index (χ0v) is 15.8. The second-order valence-corrected chi connectivity index (χ2v) is 6.51. The summed E-state index contributed by atoms with van der Waals surface area (Å²) in [6.45, 7) is 2.21. The Morgan fingerprint density at radius 3 is 2.55 bits per heavy atom. The molecule has 0 saturated carbocycles. The van der Waals surface area contributed by atoms with Gasteiger partial charge in [0, 0.05) is 24.7 Å². The van der Waals surface area contributed by atoms with Crippen molar-refractivity contribution in [2.75, 3.05) is 13.7 Å². The summed E-state index contributed by atoms with van der Waals surface area (Å²) in [7, 11) is 1.55. The zero-order chi connectivity index (χ0) is 21.0. The summed E-state index contributed by atoms with van der Waals surface area (Å²) < 4.78 is 48.8. The lowest BCUT2D eigenvalue weighted by Crippen LogP contribution is -2.35. The van der Waals surface area contributed by atoms with Crippen LogP contribution in [0.3, 0.4) is 0 Å². The highest BCUT2D eigenvalue weighted by Gasteiger charge is 2.30. The van der Waals surface area contributed by atoms with Crippen LogP contribution in [-0.2, 0) is 10.9 Å². The van der Waals surface area contributed by atoms with Crippen LogP contribution < -0.4 is 10.1 Å². The van der Waals surface area contributed by atoms with Crippen molar-refractivity contribution in [3.05, 3.63) is 65.9 Å². The minimum Gasteiger partial charge on any atom is -0.455 e. The Balaban J connectivity index is 1.82. The number of halogens is 3. The normalized spacial score (nSPS) is 12.6. The van der Waals surface area contributed by atoms with E-state index in [1.807, 2.05) is 6.92 Å². The van der Waals surface area contributed by atoms with E-state index in [0.717, 1.165) is 12.1 Å². The van der Waals surface area contributed by atoms with Crippen LogP contribution in [-0.4, -0.2) is 30.6 Å². The molecule has 2 aromatic carbocycles. The third-order valence-corrected chi connectivity index (χ3v) is 4.14. The van der Waals surface area contributed by atoms with Crippen LogP contribution in [0.2, 0.25) is 0 Å². The number of amides is 1. The monoisotopic (exact) mass is 404 g/mol. The first-order valence-electron chi connectivity index (χ1n) is 8.81. The number of benzene rings is 2. The number of para-hydroxylation sites is 1. The summed E-state index contributed by atoms with van der Waals surface area (Å²) in [6, 6.07) is 11.1. The number of rotatable bonds is 6. The van der Waals surface area contributed by atoms with E-state index >= 15 is 0 Å². The van der Waals surface area contributed by atoms with Gasteiger partial charge in [-0.3, -0.25) is 9.78 Å². The van der Waals surface area contributed by atoms with Gasteiger partial charge in [-0.1, -0.05) is 12.1 Å². The molecule has 1 aromatic heterocycles. The topological polar surface area (TPSA) is 60.5 Å². The molecule has 0 unspecified atom stereocenters. The molecule has 1 amide bonds. The number of carbonyl (C=O) groups is 1. The van der Waals surface area contributed by atoms with Crippen molar-refractivity contribution in [2.45, 2.75) is 19.1 Å². The number of pyridine rings is 1. The van der Waals surface area contributed by atoms with Gasteiger partial charge < -0.3 is 14.8 Å². The summed E-state index contributed by atoms with van der Waals surface area (Å²) in [4.78, 5) is 16.6. The van der Waals surface area contributed by atoms with Crippen LogP contribution in [0.25, 0.3) is 10.9 Å². The predicted octanol–water partition coefficient (Wildman–Crippen LogP) is 4.81. The van der Waals surface area contributed by atoms with Crippen molar-refractivity contribution in [3.8, 4) is 11.5 Å². The number of methoxy groups -OCH3 is 1. The molecule has 0 fully saturated rings. The Labute approximate surface area is 165 Å². The number of fused-ring (bicyclic) bond motifs is 1. The van der Waals surface area contributed by atoms with Crippen molar-refractivity contribution >= 4 is 16.8 Å². The first-order chi connectivity index (χ1) is 13.8. The van der Waals surface area contributed by atoms with Gasteiger partial charge in [-0.05, 0) is 43.3 Å². The van der Waals surface area contributed by atoms with E-state index < -0.39 is 11.7 Å². The molecule has 1 atom stereocenters. The van der Waals surface area contributed by atoms with Crippen molar-refractivity contribution in [2.24, 2.45) is 0 Å². The van der Waals surface area contributed by atoms with Crippen LogP contribution >= 0.6 is 0 Å². The van der Waals surface area contributed by atoms with Crippen LogP contribution in [0.4, 0.5) is 13.2 Å². The van der Waals surface area contributed by atoms with Gasteiger partial charge in [0.15, 0.2) is 5.75 Å². The van der Waals surface area contributed by atoms with E-state index in [1.165, 1.54) is 18.3 Å². The molecule has 0 saturated heterocycles. The summed E-state index contributed by atoms with van der Waals surface area (Å²) in [5.74, 6) is 0.350. The lowest BCUT2D eigenvalue weighted by atomic mass is 10.1. The van der Waals surface area contributed by atoms with E-state index in [9.17, 15) is 18.0 Å². The maximum atomic E-state index is 12.7. The van der Waals surface area contributed by atoms with Crippen LogP contribution in [0.1, 0.15) is 22.8 Å². The number of hydrogen-bond acceptors (Lipinski definition) is 4. The summed E-state index contributed by atoms with van der Waals surface area (Å²) >= 11 is 0. The SMILES string of the molecule is COC[C@@H](C)NC(=O)c1cnc2c(Oc3ccc(C(F)(F)F)cc3)cccc2c1. The van der Waals surface area contributed by atoms with E-state index in [4.69, 9.17) is 9.47 Å². The molecule has 0 aliphatic carbocycles. The predicted molar refractivity (Wildman–Crippen MR) is 102 cm³/mol. The van der Waals surface area contributed by atoms with E-state index in [-0.39, 0.29) is 17.7 Å². The van der Waals surface area contributed by atoms with Gasteiger partial charge in [0.05, 0.1) is 17.7 Å². The molecule has 152 valence electrons. The van der Waals surface area contributed by atoms with Crippen molar-refractivity contribution in [1.29, 1.82) is 0 Å². The highest BCUT2D eigenvalue weighted by molar-refractivity contribution is 5.98. The number of hydrogen-bond donors (Lipinski definition) is 1. The summed E-state index contributed by atoms with van der Waals surface area (Å²) in [5, 5.41) is 3.47. The minimum absolute atomic E-state index is 0.155. The molecular formula is C21H19F3N2O3. The highest BCUT2D eigenvalue weighted by Crippen LogP contribution is 2.33. The van der Waals surface area contributed by atoms with E-state index in [2.05, 4.69) is 10.3 Å². The maximum absolute atomic E-state index is 12.7. The average Bonchev–Trinajstić information content (AvgIpc) is 2.67. The Kier molecular flexibility index (Phi) is 6.03. The lowest BCUT2D eigenvalue weighted by molar-refractivity contribution is -0.137. The Bertz CT molecular complexity index is 1000. The molecule has 1 heterocycles. The van der Waals surface area contributed by atoms with Gasteiger partial charge in [0.25, 0.3) is 5.91 Å².